The van der Waals surface area contributed by atoms with E-state index in [0.717, 1.165) is 26.2 Å². The van der Waals surface area contributed by atoms with Gasteiger partial charge in [0.25, 0.3) is 4.77 Å². The first-order chi connectivity index (χ1) is 6.27. The Balaban J connectivity index is 2.11. The molecule has 0 spiro atoms. The van der Waals surface area contributed by atoms with E-state index in [0.29, 0.717) is 4.77 Å². The number of hydrogen-bond acceptors (Lipinski definition) is 5. The molecule has 1 saturated heterocycles. The van der Waals surface area contributed by atoms with E-state index >= 15 is 0 Å². The van der Waals surface area contributed by atoms with Crippen LogP contribution in [0, 0.1) is 4.77 Å². The van der Waals surface area contributed by atoms with Crippen molar-refractivity contribution in [2.45, 2.75) is 0 Å². The molecule has 0 atom stereocenters. The van der Waals surface area contributed by atoms with Crippen molar-refractivity contribution in [2.24, 2.45) is 0 Å². The quantitative estimate of drug-likeness (QED) is 0.603. The minimum atomic E-state index is 0.490. The molecule has 7 heteroatoms. The van der Waals surface area contributed by atoms with Crippen LogP contribution in [0.3, 0.4) is 0 Å². The van der Waals surface area contributed by atoms with Gasteiger partial charge in [0.05, 0.1) is 0 Å². The van der Waals surface area contributed by atoms with Crippen LogP contribution < -0.4 is 5.01 Å². The monoisotopic (exact) mass is 200 g/mol. The molecule has 1 aliphatic heterocycles. The van der Waals surface area contributed by atoms with Crippen LogP contribution in [0.15, 0.2) is 0 Å². The van der Waals surface area contributed by atoms with E-state index in [-0.39, 0.29) is 0 Å². The number of tetrazole rings is 1. The highest BCUT2D eigenvalue weighted by Crippen LogP contribution is 1.97. The molecule has 0 bridgehead atoms. The van der Waals surface area contributed by atoms with E-state index in [2.05, 4.69) is 32.5 Å². The van der Waals surface area contributed by atoms with E-state index in [1.165, 1.54) is 0 Å². The maximum Gasteiger partial charge on any atom is 0.258 e. The minimum absolute atomic E-state index is 0.490. The van der Waals surface area contributed by atoms with Crippen LogP contribution in [0.25, 0.3) is 0 Å². The van der Waals surface area contributed by atoms with Crippen molar-refractivity contribution in [2.75, 3.05) is 38.2 Å². The molecule has 0 saturated carbocycles. The van der Waals surface area contributed by atoms with Gasteiger partial charge in [-0.1, -0.05) is 5.10 Å². The summed E-state index contributed by atoms with van der Waals surface area (Å²) in [6, 6.07) is 0. The molecule has 1 aliphatic rings. The first-order valence-electron chi connectivity index (χ1n) is 4.21. The lowest BCUT2D eigenvalue weighted by atomic mass is 10.4. The largest absolute Gasteiger partial charge is 0.303 e. The zero-order valence-corrected chi connectivity index (χ0v) is 8.29. The standard InChI is InChI=1S/C6H12N6S/c1-10-2-4-11(5-3-10)12-6(13)7-8-9-12/h2-5H2,1H3,(H,7,9,13). The Kier molecular flexibility index (Phi) is 2.28. The number of piperazine rings is 1. The average Bonchev–Trinajstić information content (AvgIpc) is 2.53. The van der Waals surface area contributed by atoms with E-state index in [4.69, 9.17) is 12.2 Å². The summed E-state index contributed by atoms with van der Waals surface area (Å²) in [6.07, 6.45) is 0. The van der Waals surface area contributed by atoms with Crippen molar-refractivity contribution in [3.63, 3.8) is 0 Å². The van der Waals surface area contributed by atoms with Crippen LogP contribution in [0.5, 0.6) is 0 Å². The lowest BCUT2D eigenvalue weighted by Gasteiger charge is -2.32. The van der Waals surface area contributed by atoms with Crippen LogP contribution in [-0.4, -0.2) is 58.4 Å². The van der Waals surface area contributed by atoms with Crippen molar-refractivity contribution >= 4 is 12.2 Å². The molecule has 0 amide bonds. The zero-order valence-electron chi connectivity index (χ0n) is 7.47. The van der Waals surface area contributed by atoms with Crippen molar-refractivity contribution in [1.29, 1.82) is 0 Å². The summed E-state index contributed by atoms with van der Waals surface area (Å²) in [5.41, 5.74) is 0. The van der Waals surface area contributed by atoms with E-state index < -0.39 is 0 Å². The van der Waals surface area contributed by atoms with Gasteiger partial charge >= 0.3 is 0 Å². The van der Waals surface area contributed by atoms with Gasteiger partial charge in [0, 0.05) is 26.2 Å². The maximum atomic E-state index is 5.00. The van der Waals surface area contributed by atoms with E-state index in [9.17, 15) is 0 Å². The third-order valence-corrected chi connectivity index (χ3v) is 2.47. The highest BCUT2D eigenvalue weighted by atomic mass is 32.1. The fourth-order valence-corrected chi connectivity index (χ4v) is 1.57. The summed E-state index contributed by atoms with van der Waals surface area (Å²) in [4.78, 5) is 4.01. The molecule has 0 aliphatic carbocycles. The van der Waals surface area contributed by atoms with Crippen LogP contribution in [0.2, 0.25) is 0 Å². The Bertz CT molecular complexity index is 322. The molecule has 6 nitrogen and oxygen atoms in total. The summed E-state index contributed by atoms with van der Waals surface area (Å²) in [6.45, 7) is 3.99. The fraction of sp³-hybridized carbons (Fsp3) is 0.833. The predicted octanol–water partition coefficient (Wildman–Crippen LogP) is -0.781. The first-order valence-corrected chi connectivity index (χ1v) is 4.62. The molecule has 1 fully saturated rings. The number of nitrogens with zero attached hydrogens (tertiary/aromatic N) is 5. The normalized spacial score (nSPS) is 19.3. The van der Waals surface area contributed by atoms with Crippen LogP contribution in [0.1, 0.15) is 0 Å². The van der Waals surface area contributed by atoms with Gasteiger partial charge in [0.1, 0.15) is 0 Å². The maximum absolute atomic E-state index is 5.00. The lowest BCUT2D eigenvalue weighted by molar-refractivity contribution is 0.278. The molecular weight excluding hydrogens is 188 g/mol. The van der Waals surface area contributed by atoms with Crippen LogP contribution in [-0.2, 0) is 0 Å². The Labute approximate surface area is 81.1 Å². The fourth-order valence-electron chi connectivity index (χ4n) is 1.37. The Morgan fingerprint density at radius 3 is 2.54 bits per heavy atom. The molecular formula is C6H12N6S. The second kappa shape index (κ2) is 3.43. The summed E-state index contributed by atoms with van der Waals surface area (Å²) in [5, 5.41) is 12.2. The zero-order chi connectivity index (χ0) is 9.26. The van der Waals surface area contributed by atoms with E-state index in [1.807, 2.05) is 0 Å². The number of likely N-dealkylation sites (N-methyl/N-ethyl adjacent to an activating group) is 1. The number of aromatic amines is 1. The van der Waals surface area contributed by atoms with Gasteiger partial charge in [0.2, 0.25) is 0 Å². The van der Waals surface area contributed by atoms with Gasteiger partial charge in [-0.05, 0) is 24.5 Å². The molecule has 1 aromatic rings. The summed E-state index contributed by atoms with van der Waals surface area (Å²) < 4.78 is 0.490. The predicted molar refractivity (Wildman–Crippen MR) is 50.7 cm³/mol. The Hall–Kier alpha value is -0.950. The molecule has 0 radical (unpaired) electrons. The molecule has 2 heterocycles. The molecule has 72 valence electrons. The third kappa shape index (κ3) is 1.70. The van der Waals surface area contributed by atoms with Crippen molar-refractivity contribution < 1.29 is 0 Å². The highest BCUT2D eigenvalue weighted by Gasteiger charge is 2.14. The van der Waals surface area contributed by atoms with E-state index in [1.54, 1.807) is 4.79 Å². The van der Waals surface area contributed by atoms with Gasteiger partial charge < -0.3 is 4.90 Å². The number of hydrogen-bond donors (Lipinski definition) is 1. The van der Waals surface area contributed by atoms with Gasteiger partial charge in [-0.15, -0.1) is 4.79 Å². The van der Waals surface area contributed by atoms with Gasteiger partial charge in [-0.25, -0.2) is 0 Å². The molecule has 1 aromatic heterocycles. The van der Waals surface area contributed by atoms with Gasteiger partial charge in [0.15, 0.2) is 0 Å². The first kappa shape index (κ1) is 8.64. The topological polar surface area (TPSA) is 53.0 Å². The summed E-state index contributed by atoms with van der Waals surface area (Å²) in [5.74, 6) is 0. The number of nitrogens with one attached hydrogen (secondary N) is 1. The molecule has 0 unspecified atom stereocenters. The van der Waals surface area contributed by atoms with Gasteiger partial charge in [-0.2, -0.15) is 5.21 Å². The van der Waals surface area contributed by atoms with Crippen molar-refractivity contribution in [3.05, 3.63) is 4.77 Å². The molecule has 13 heavy (non-hydrogen) atoms. The molecule has 1 N–H and O–H groups in total. The Morgan fingerprint density at radius 2 is 2.00 bits per heavy atom. The second-order valence-electron chi connectivity index (χ2n) is 3.15. The van der Waals surface area contributed by atoms with Gasteiger partial charge in [-0.3, -0.25) is 5.01 Å². The number of H-pyrrole nitrogens is 1. The Morgan fingerprint density at radius 1 is 1.31 bits per heavy atom. The average molecular weight is 200 g/mol. The minimum Gasteiger partial charge on any atom is -0.303 e. The van der Waals surface area contributed by atoms with Crippen LogP contribution >= 0.6 is 12.2 Å². The highest BCUT2D eigenvalue weighted by molar-refractivity contribution is 7.71. The van der Waals surface area contributed by atoms with Crippen LogP contribution in [0.4, 0.5) is 0 Å². The SMILES string of the molecule is CN1CCN(n2[nH]nnc2=S)CC1. The summed E-state index contributed by atoms with van der Waals surface area (Å²) in [7, 11) is 2.11. The third-order valence-electron chi connectivity index (χ3n) is 2.22. The molecule has 2 rings (SSSR count). The smallest absolute Gasteiger partial charge is 0.258 e. The number of rotatable bonds is 1. The summed E-state index contributed by atoms with van der Waals surface area (Å²) >= 11 is 5.00. The second-order valence-corrected chi connectivity index (χ2v) is 3.52. The lowest BCUT2D eigenvalue weighted by Crippen LogP contribution is -2.50. The van der Waals surface area contributed by atoms with Crippen molar-refractivity contribution in [1.82, 2.24) is 25.2 Å². The molecule has 0 aromatic carbocycles. The number of aromatic nitrogens is 4. The van der Waals surface area contributed by atoms with Crippen molar-refractivity contribution in [3.8, 4) is 0 Å².